The third-order valence-corrected chi connectivity index (χ3v) is 3.68. The summed E-state index contributed by atoms with van der Waals surface area (Å²) >= 11 is 0. The zero-order valence-corrected chi connectivity index (χ0v) is 14.6. The minimum atomic E-state index is -0.556. The van der Waals surface area contributed by atoms with Crippen molar-refractivity contribution in [3.63, 3.8) is 0 Å². The van der Waals surface area contributed by atoms with E-state index in [1.165, 1.54) is 6.21 Å². The van der Waals surface area contributed by atoms with Crippen molar-refractivity contribution in [1.82, 2.24) is 5.01 Å². The summed E-state index contributed by atoms with van der Waals surface area (Å²) in [5.41, 5.74) is 1.15. The second kappa shape index (κ2) is 9.10. The summed E-state index contributed by atoms with van der Waals surface area (Å²) in [7, 11) is 0. The van der Waals surface area contributed by atoms with E-state index in [9.17, 15) is 9.59 Å². The lowest BCUT2D eigenvalue weighted by Crippen LogP contribution is -2.36. The fourth-order valence-corrected chi connectivity index (χ4v) is 2.32. The number of benzene rings is 3. The highest BCUT2D eigenvalue weighted by atomic mass is 16.5. The molecule has 0 saturated heterocycles. The zero-order chi connectivity index (χ0) is 18.9. The largest absolute Gasteiger partial charge is 0.484 e. The molecule has 5 heteroatoms. The van der Waals surface area contributed by atoms with Crippen LogP contribution in [-0.2, 0) is 4.79 Å². The number of hydrogen-bond acceptors (Lipinski definition) is 4. The lowest BCUT2D eigenvalue weighted by Gasteiger charge is -2.16. The van der Waals surface area contributed by atoms with Gasteiger partial charge in [0, 0.05) is 5.56 Å². The topological polar surface area (TPSA) is 59.0 Å². The van der Waals surface area contributed by atoms with Crippen molar-refractivity contribution in [2.24, 2.45) is 5.10 Å². The molecule has 0 unspecified atom stereocenters. The molecule has 3 aromatic carbocycles. The Morgan fingerprint density at radius 1 is 0.815 bits per heavy atom. The van der Waals surface area contributed by atoms with E-state index in [1.807, 2.05) is 36.4 Å². The summed E-state index contributed by atoms with van der Waals surface area (Å²) in [6.07, 6.45) is 1.47. The van der Waals surface area contributed by atoms with Gasteiger partial charge in [-0.3, -0.25) is 9.59 Å². The SMILES string of the molecule is O=C(COc1ccccc1)N(/N=C/c1ccccc1)C(=O)c1ccccc1. The van der Waals surface area contributed by atoms with E-state index in [-0.39, 0.29) is 6.61 Å². The first-order chi connectivity index (χ1) is 13.2. The molecular formula is C22H18N2O3. The van der Waals surface area contributed by atoms with Crippen molar-refractivity contribution in [2.75, 3.05) is 6.61 Å². The van der Waals surface area contributed by atoms with E-state index >= 15 is 0 Å². The summed E-state index contributed by atoms with van der Waals surface area (Å²) in [5, 5.41) is 4.95. The molecule has 3 aromatic rings. The average molecular weight is 358 g/mol. The molecule has 2 amide bonds. The Hall–Kier alpha value is -3.73. The van der Waals surface area contributed by atoms with Crippen LogP contribution in [0.2, 0.25) is 0 Å². The molecule has 0 aromatic heterocycles. The quantitative estimate of drug-likeness (QED) is 0.498. The molecule has 0 bridgehead atoms. The summed E-state index contributed by atoms with van der Waals surface area (Å²) in [6.45, 7) is -0.297. The van der Waals surface area contributed by atoms with Crippen molar-refractivity contribution in [3.05, 3.63) is 102 Å². The number of amides is 2. The molecule has 0 saturated carbocycles. The van der Waals surface area contributed by atoms with Gasteiger partial charge in [0.15, 0.2) is 6.61 Å². The number of carbonyl (C=O) groups excluding carboxylic acids is 2. The van der Waals surface area contributed by atoms with Crippen LogP contribution < -0.4 is 4.74 Å². The number of nitrogens with zero attached hydrogens (tertiary/aromatic N) is 2. The number of ether oxygens (including phenoxy) is 1. The van der Waals surface area contributed by atoms with Crippen LogP contribution in [0.25, 0.3) is 0 Å². The number of rotatable bonds is 6. The molecular weight excluding hydrogens is 340 g/mol. The van der Waals surface area contributed by atoms with Crippen LogP contribution in [-0.4, -0.2) is 29.6 Å². The van der Waals surface area contributed by atoms with Crippen molar-refractivity contribution in [3.8, 4) is 5.75 Å². The van der Waals surface area contributed by atoms with Gasteiger partial charge < -0.3 is 4.74 Å². The molecule has 0 N–H and O–H groups in total. The Labute approximate surface area is 157 Å². The molecule has 0 spiro atoms. The molecule has 0 atom stereocenters. The molecule has 5 nitrogen and oxygen atoms in total. The Morgan fingerprint density at radius 2 is 1.37 bits per heavy atom. The maximum absolute atomic E-state index is 12.8. The molecule has 0 radical (unpaired) electrons. The Morgan fingerprint density at radius 3 is 2.00 bits per heavy atom. The third kappa shape index (κ3) is 5.12. The van der Waals surface area contributed by atoms with Gasteiger partial charge in [-0.05, 0) is 29.8 Å². The second-order valence-corrected chi connectivity index (χ2v) is 5.63. The van der Waals surface area contributed by atoms with Gasteiger partial charge in [0.05, 0.1) is 6.21 Å². The monoisotopic (exact) mass is 358 g/mol. The minimum Gasteiger partial charge on any atom is -0.484 e. The van der Waals surface area contributed by atoms with Crippen molar-refractivity contribution in [2.45, 2.75) is 0 Å². The van der Waals surface area contributed by atoms with Gasteiger partial charge >= 0.3 is 0 Å². The predicted octanol–water partition coefficient (Wildman–Crippen LogP) is 3.77. The van der Waals surface area contributed by atoms with Crippen LogP contribution >= 0.6 is 0 Å². The van der Waals surface area contributed by atoms with Crippen LogP contribution in [0.15, 0.2) is 96.1 Å². The summed E-state index contributed by atoms with van der Waals surface area (Å²) in [4.78, 5) is 25.4. The van der Waals surface area contributed by atoms with E-state index in [2.05, 4.69) is 5.10 Å². The summed E-state index contributed by atoms with van der Waals surface area (Å²) in [6, 6.07) is 26.7. The summed E-state index contributed by atoms with van der Waals surface area (Å²) < 4.78 is 5.47. The van der Waals surface area contributed by atoms with E-state index in [0.29, 0.717) is 11.3 Å². The van der Waals surface area contributed by atoms with Crippen LogP contribution in [0, 0.1) is 0 Å². The Balaban J connectivity index is 1.79. The van der Waals surface area contributed by atoms with Crippen LogP contribution in [0.3, 0.4) is 0 Å². The first-order valence-electron chi connectivity index (χ1n) is 8.43. The second-order valence-electron chi connectivity index (χ2n) is 5.63. The number of hydrogen-bond donors (Lipinski definition) is 0. The average Bonchev–Trinajstić information content (AvgIpc) is 2.74. The highest BCUT2D eigenvalue weighted by molar-refractivity contribution is 6.05. The van der Waals surface area contributed by atoms with E-state index in [4.69, 9.17) is 4.74 Å². The normalized spacial score (nSPS) is 10.5. The third-order valence-electron chi connectivity index (χ3n) is 3.68. The maximum Gasteiger partial charge on any atom is 0.288 e. The molecule has 0 heterocycles. The van der Waals surface area contributed by atoms with Gasteiger partial charge in [-0.15, -0.1) is 0 Å². The molecule has 134 valence electrons. The number of carbonyl (C=O) groups is 2. The van der Waals surface area contributed by atoms with Gasteiger partial charge in [-0.1, -0.05) is 66.7 Å². The maximum atomic E-state index is 12.8. The van der Waals surface area contributed by atoms with E-state index in [0.717, 1.165) is 10.6 Å². The Bertz CT molecular complexity index is 910. The van der Waals surface area contributed by atoms with E-state index < -0.39 is 11.8 Å². The van der Waals surface area contributed by atoms with Crippen molar-refractivity contribution >= 4 is 18.0 Å². The molecule has 0 aliphatic rings. The molecule has 0 aliphatic heterocycles. The van der Waals surface area contributed by atoms with Crippen molar-refractivity contribution in [1.29, 1.82) is 0 Å². The summed E-state index contributed by atoms with van der Waals surface area (Å²) in [5.74, 6) is -0.519. The highest BCUT2D eigenvalue weighted by Crippen LogP contribution is 2.10. The van der Waals surface area contributed by atoms with Gasteiger partial charge in [-0.25, -0.2) is 0 Å². The van der Waals surface area contributed by atoms with Gasteiger partial charge in [-0.2, -0.15) is 10.1 Å². The fourth-order valence-electron chi connectivity index (χ4n) is 2.32. The lowest BCUT2D eigenvalue weighted by molar-refractivity contribution is -0.130. The number of imide groups is 1. The molecule has 0 fully saturated rings. The van der Waals surface area contributed by atoms with Crippen molar-refractivity contribution < 1.29 is 14.3 Å². The van der Waals surface area contributed by atoms with Crippen LogP contribution in [0.1, 0.15) is 15.9 Å². The fraction of sp³-hybridized carbons (Fsp3) is 0.0455. The Kier molecular flexibility index (Phi) is 6.09. The molecule has 0 aliphatic carbocycles. The van der Waals surface area contributed by atoms with Crippen LogP contribution in [0.5, 0.6) is 5.75 Å². The lowest BCUT2D eigenvalue weighted by atomic mass is 10.2. The van der Waals surface area contributed by atoms with Gasteiger partial charge in [0.2, 0.25) is 0 Å². The first-order valence-corrected chi connectivity index (χ1v) is 8.43. The van der Waals surface area contributed by atoms with Gasteiger partial charge in [0.1, 0.15) is 5.75 Å². The van der Waals surface area contributed by atoms with Gasteiger partial charge in [0.25, 0.3) is 11.8 Å². The number of para-hydroxylation sites is 1. The molecule has 27 heavy (non-hydrogen) atoms. The van der Waals surface area contributed by atoms with Crippen LogP contribution in [0.4, 0.5) is 0 Å². The molecule has 3 rings (SSSR count). The smallest absolute Gasteiger partial charge is 0.288 e. The first kappa shape index (κ1) is 18.1. The highest BCUT2D eigenvalue weighted by Gasteiger charge is 2.22. The zero-order valence-electron chi connectivity index (χ0n) is 14.6. The predicted molar refractivity (Wildman–Crippen MR) is 104 cm³/mol. The van der Waals surface area contributed by atoms with E-state index in [1.54, 1.807) is 54.6 Å². The number of hydrazone groups is 1. The minimum absolute atomic E-state index is 0.297. The standard InChI is InChI=1S/C22H18N2O3/c25-21(17-27-20-14-8-3-9-15-20)24(22(26)19-12-6-2-7-13-19)23-16-18-10-4-1-5-11-18/h1-16H,17H2/b23-16+.